The Morgan fingerprint density at radius 3 is 2.65 bits per heavy atom. The van der Waals surface area contributed by atoms with Gasteiger partial charge in [0.15, 0.2) is 0 Å². The number of aromatic nitrogens is 1. The van der Waals surface area contributed by atoms with Crippen LogP contribution in [0.5, 0.6) is 0 Å². The Balaban J connectivity index is 1.76. The zero-order chi connectivity index (χ0) is 18.1. The Hall–Kier alpha value is -1.74. The van der Waals surface area contributed by atoms with Crippen LogP contribution in [0.15, 0.2) is 60.8 Å². The van der Waals surface area contributed by atoms with Gasteiger partial charge in [0.1, 0.15) is 0 Å². The molecule has 26 heavy (non-hydrogen) atoms. The van der Waals surface area contributed by atoms with Gasteiger partial charge in [0.2, 0.25) is 0 Å². The van der Waals surface area contributed by atoms with Crippen LogP contribution in [-0.4, -0.2) is 16.0 Å². The Kier molecular flexibility index (Phi) is 5.08. The molecule has 1 aliphatic heterocycles. The molecule has 0 fully saturated rings. The molecule has 0 unspecified atom stereocenters. The van der Waals surface area contributed by atoms with Gasteiger partial charge in [-0.05, 0) is 48.7 Å². The average Bonchev–Trinajstić information content (AvgIpc) is 3.00. The highest BCUT2D eigenvalue weighted by Crippen LogP contribution is 2.35. The maximum absolute atomic E-state index is 6.35. The van der Waals surface area contributed by atoms with E-state index in [0.29, 0.717) is 10.0 Å². The van der Waals surface area contributed by atoms with Crippen LogP contribution in [0, 0.1) is 6.92 Å². The van der Waals surface area contributed by atoms with E-state index in [9.17, 15) is 0 Å². The normalized spacial score (nSPS) is 17.7. The number of hydrogen-bond acceptors (Lipinski definition) is 1. The summed E-state index contributed by atoms with van der Waals surface area (Å²) in [5.41, 5.74) is 5.14. The molecule has 4 heteroatoms. The predicted octanol–water partition coefficient (Wildman–Crippen LogP) is 6.10. The fourth-order valence-electron chi connectivity index (χ4n) is 3.92. The van der Waals surface area contributed by atoms with Crippen molar-refractivity contribution in [1.29, 1.82) is 0 Å². The number of nitrogens with zero attached hydrogens (tertiary/aromatic N) is 2. The van der Waals surface area contributed by atoms with Crippen LogP contribution in [0.4, 0.5) is 0 Å². The number of hydrogen-bond donors (Lipinski definition) is 0. The average molecular weight is 385 g/mol. The van der Waals surface area contributed by atoms with E-state index in [0.717, 1.165) is 26.1 Å². The quantitative estimate of drug-likeness (QED) is 0.529. The lowest BCUT2D eigenvalue weighted by molar-refractivity contribution is 0.220. The summed E-state index contributed by atoms with van der Waals surface area (Å²) in [7, 11) is 0. The number of rotatable bonds is 3. The lowest BCUT2D eigenvalue weighted by Gasteiger charge is -2.31. The smallest absolute Gasteiger partial charge is 0.0759 e. The highest BCUT2D eigenvalue weighted by Gasteiger charge is 2.27. The monoisotopic (exact) mass is 384 g/mol. The highest BCUT2D eigenvalue weighted by molar-refractivity contribution is 6.42. The summed E-state index contributed by atoms with van der Waals surface area (Å²) in [6.45, 7) is 5.15. The summed E-state index contributed by atoms with van der Waals surface area (Å²) in [4.78, 5) is 2.55. The van der Waals surface area contributed by atoms with E-state index in [1.807, 2.05) is 12.1 Å². The molecule has 1 aliphatic rings. The molecule has 0 saturated heterocycles. The predicted molar refractivity (Wildman–Crippen MR) is 109 cm³/mol. The van der Waals surface area contributed by atoms with E-state index < -0.39 is 0 Å². The van der Waals surface area contributed by atoms with Crippen molar-refractivity contribution in [3.63, 3.8) is 0 Å². The SMILES string of the molecule is Cc1cccc(CN2CCCn3cccc3[C@H]2c2ccc(Cl)c(Cl)c2)c1. The lowest BCUT2D eigenvalue weighted by Crippen LogP contribution is -2.29. The van der Waals surface area contributed by atoms with Crippen molar-refractivity contribution in [1.82, 2.24) is 9.47 Å². The van der Waals surface area contributed by atoms with Crippen LogP contribution >= 0.6 is 23.2 Å². The van der Waals surface area contributed by atoms with Crippen LogP contribution in [0.3, 0.4) is 0 Å². The van der Waals surface area contributed by atoms with Crippen LogP contribution in [0.1, 0.15) is 34.8 Å². The molecule has 3 aromatic rings. The van der Waals surface area contributed by atoms with Crippen LogP contribution in [0.2, 0.25) is 10.0 Å². The number of benzene rings is 2. The van der Waals surface area contributed by atoms with E-state index in [-0.39, 0.29) is 6.04 Å². The van der Waals surface area contributed by atoms with Gasteiger partial charge in [-0.3, -0.25) is 4.90 Å². The van der Waals surface area contributed by atoms with Crippen molar-refractivity contribution < 1.29 is 0 Å². The molecule has 0 bridgehead atoms. The molecule has 2 heterocycles. The third kappa shape index (κ3) is 3.55. The van der Waals surface area contributed by atoms with Gasteiger partial charge in [0.25, 0.3) is 0 Å². The molecule has 0 radical (unpaired) electrons. The fraction of sp³-hybridized carbons (Fsp3) is 0.273. The van der Waals surface area contributed by atoms with Gasteiger partial charge >= 0.3 is 0 Å². The lowest BCUT2D eigenvalue weighted by atomic mass is 10.0. The molecule has 134 valence electrons. The summed E-state index contributed by atoms with van der Waals surface area (Å²) >= 11 is 12.5. The molecule has 2 aromatic carbocycles. The number of halogens is 2. The minimum Gasteiger partial charge on any atom is -0.350 e. The first-order chi connectivity index (χ1) is 12.6. The topological polar surface area (TPSA) is 8.17 Å². The molecule has 0 aliphatic carbocycles. The summed E-state index contributed by atoms with van der Waals surface area (Å²) in [6.07, 6.45) is 3.31. The van der Waals surface area contributed by atoms with E-state index >= 15 is 0 Å². The molecule has 0 amide bonds. The van der Waals surface area contributed by atoms with Gasteiger partial charge in [0.05, 0.1) is 16.1 Å². The minimum absolute atomic E-state index is 0.169. The van der Waals surface area contributed by atoms with Gasteiger partial charge in [-0.25, -0.2) is 0 Å². The summed E-state index contributed by atoms with van der Waals surface area (Å²) < 4.78 is 2.36. The molecule has 0 N–H and O–H groups in total. The van der Waals surface area contributed by atoms with E-state index in [2.05, 4.69) is 65.1 Å². The third-order valence-corrected chi connectivity index (χ3v) is 5.82. The number of fused-ring (bicyclic) bond motifs is 1. The van der Waals surface area contributed by atoms with Gasteiger partial charge < -0.3 is 4.57 Å². The van der Waals surface area contributed by atoms with Crippen LogP contribution in [0.25, 0.3) is 0 Å². The Bertz CT molecular complexity index is 916. The van der Waals surface area contributed by atoms with E-state index in [4.69, 9.17) is 23.2 Å². The zero-order valence-corrected chi connectivity index (χ0v) is 16.3. The van der Waals surface area contributed by atoms with Crippen molar-refractivity contribution in [2.24, 2.45) is 0 Å². The Morgan fingerprint density at radius 2 is 1.85 bits per heavy atom. The Morgan fingerprint density at radius 1 is 0.962 bits per heavy atom. The molecule has 0 saturated carbocycles. The van der Waals surface area contributed by atoms with E-state index in [1.54, 1.807) is 0 Å². The van der Waals surface area contributed by atoms with E-state index in [1.165, 1.54) is 22.4 Å². The van der Waals surface area contributed by atoms with Crippen LogP contribution in [-0.2, 0) is 13.1 Å². The first-order valence-corrected chi connectivity index (χ1v) is 9.77. The van der Waals surface area contributed by atoms with Crippen molar-refractivity contribution >= 4 is 23.2 Å². The standard InChI is InChI=1S/C22H22Cl2N2/c1-16-5-2-6-17(13-16)15-26-12-4-11-25-10-3-7-21(25)22(26)18-8-9-19(23)20(24)14-18/h2-3,5-10,13-14,22H,4,11-12,15H2,1H3/t22-/m1/s1. The maximum Gasteiger partial charge on any atom is 0.0759 e. The second-order valence-electron chi connectivity index (χ2n) is 7.02. The third-order valence-electron chi connectivity index (χ3n) is 5.08. The largest absolute Gasteiger partial charge is 0.350 e. The summed E-state index contributed by atoms with van der Waals surface area (Å²) in [6, 6.07) is 19.3. The molecule has 0 spiro atoms. The zero-order valence-electron chi connectivity index (χ0n) is 14.8. The first-order valence-electron chi connectivity index (χ1n) is 9.01. The van der Waals surface area contributed by atoms with Crippen LogP contribution < -0.4 is 0 Å². The molecule has 2 nitrogen and oxygen atoms in total. The maximum atomic E-state index is 6.35. The highest BCUT2D eigenvalue weighted by atomic mass is 35.5. The van der Waals surface area contributed by atoms with Crippen molar-refractivity contribution in [3.8, 4) is 0 Å². The molecular formula is C22H22Cl2N2. The molecule has 1 atom stereocenters. The van der Waals surface area contributed by atoms with Gasteiger partial charge in [0, 0.05) is 31.5 Å². The van der Waals surface area contributed by atoms with Gasteiger partial charge in [-0.15, -0.1) is 0 Å². The number of aryl methyl sites for hydroxylation is 2. The van der Waals surface area contributed by atoms with Gasteiger partial charge in [-0.1, -0.05) is 59.1 Å². The first kappa shape index (κ1) is 17.7. The van der Waals surface area contributed by atoms with Crippen molar-refractivity contribution in [2.45, 2.75) is 32.5 Å². The second-order valence-corrected chi connectivity index (χ2v) is 7.83. The van der Waals surface area contributed by atoms with Crippen molar-refractivity contribution in [2.75, 3.05) is 6.54 Å². The van der Waals surface area contributed by atoms with Crippen molar-refractivity contribution in [3.05, 3.63) is 93.2 Å². The second kappa shape index (κ2) is 7.48. The molecule has 1 aromatic heterocycles. The van der Waals surface area contributed by atoms with Gasteiger partial charge in [-0.2, -0.15) is 0 Å². The Labute approximate surface area is 165 Å². The molecular weight excluding hydrogens is 363 g/mol. The summed E-state index contributed by atoms with van der Waals surface area (Å²) in [5.74, 6) is 0. The minimum atomic E-state index is 0.169. The molecule has 4 rings (SSSR count). The fourth-order valence-corrected chi connectivity index (χ4v) is 4.23. The summed E-state index contributed by atoms with van der Waals surface area (Å²) in [5, 5.41) is 1.21.